The van der Waals surface area contributed by atoms with Crippen LogP contribution in [0, 0.1) is 5.92 Å². The van der Waals surface area contributed by atoms with E-state index in [9.17, 15) is 9.59 Å². The summed E-state index contributed by atoms with van der Waals surface area (Å²) in [5.41, 5.74) is 7.26. The summed E-state index contributed by atoms with van der Waals surface area (Å²) in [6, 6.07) is 7.90. The average Bonchev–Trinajstić information content (AvgIpc) is 2.93. The second-order valence-electron chi connectivity index (χ2n) is 5.94. The maximum Gasteiger partial charge on any atom is 0.321 e. The predicted octanol–water partition coefficient (Wildman–Crippen LogP) is 2.39. The van der Waals surface area contributed by atoms with E-state index >= 15 is 0 Å². The zero-order valence-corrected chi connectivity index (χ0v) is 13.3. The van der Waals surface area contributed by atoms with Crippen LogP contribution in [0.2, 0.25) is 0 Å². The van der Waals surface area contributed by atoms with Crippen molar-refractivity contribution in [2.75, 3.05) is 18.4 Å². The van der Waals surface area contributed by atoms with Gasteiger partial charge in [0.25, 0.3) is 0 Å². The third-order valence-electron chi connectivity index (χ3n) is 4.56. The smallest absolute Gasteiger partial charge is 0.321 e. The summed E-state index contributed by atoms with van der Waals surface area (Å²) in [7, 11) is 0. The van der Waals surface area contributed by atoms with Crippen molar-refractivity contribution >= 4 is 28.5 Å². The first-order valence-electron chi connectivity index (χ1n) is 8.03. The molecule has 0 atom stereocenters. The molecule has 1 aromatic carbocycles. The SMILES string of the molecule is CCn1cc(NC(=O)N2CCC(C(N)=O)CC2)c2ccccc21. The third-order valence-corrected chi connectivity index (χ3v) is 4.56. The second-order valence-corrected chi connectivity index (χ2v) is 5.94. The number of amides is 3. The Morgan fingerprint density at radius 1 is 1.26 bits per heavy atom. The van der Waals surface area contributed by atoms with Crippen molar-refractivity contribution in [1.82, 2.24) is 9.47 Å². The van der Waals surface area contributed by atoms with Crippen LogP contribution in [-0.4, -0.2) is 34.5 Å². The topological polar surface area (TPSA) is 80.4 Å². The summed E-state index contributed by atoms with van der Waals surface area (Å²) in [5, 5.41) is 4.04. The number of rotatable bonds is 3. The summed E-state index contributed by atoms with van der Waals surface area (Å²) >= 11 is 0. The second kappa shape index (κ2) is 6.32. The van der Waals surface area contributed by atoms with E-state index in [2.05, 4.69) is 16.8 Å². The van der Waals surface area contributed by atoms with Crippen LogP contribution in [0.5, 0.6) is 0 Å². The number of carbonyl (C=O) groups excluding carboxylic acids is 2. The zero-order chi connectivity index (χ0) is 16.4. The number of aromatic nitrogens is 1. The Kier molecular flexibility index (Phi) is 4.23. The van der Waals surface area contributed by atoms with Crippen LogP contribution in [-0.2, 0) is 11.3 Å². The Hall–Kier alpha value is -2.50. The number of fused-ring (bicyclic) bond motifs is 1. The molecule has 0 saturated carbocycles. The molecule has 0 bridgehead atoms. The monoisotopic (exact) mass is 314 g/mol. The van der Waals surface area contributed by atoms with Crippen LogP contribution in [0.3, 0.4) is 0 Å². The molecule has 2 heterocycles. The fourth-order valence-corrected chi connectivity index (χ4v) is 3.17. The number of urea groups is 1. The molecule has 1 aromatic heterocycles. The highest BCUT2D eigenvalue weighted by Crippen LogP contribution is 2.26. The van der Waals surface area contributed by atoms with Gasteiger partial charge in [-0.05, 0) is 25.8 Å². The Bertz CT molecular complexity index is 729. The fraction of sp³-hybridized carbons (Fsp3) is 0.412. The molecular formula is C17H22N4O2. The maximum absolute atomic E-state index is 12.5. The number of para-hydroxylation sites is 1. The lowest BCUT2D eigenvalue weighted by molar-refractivity contribution is -0.122. The summed E-state index contributed by atoms with van der Waals surface area (Å²) in [4.78, 5) is 25.4. The first-order valence-corrected chi connectivity index (χ1v) is 8.03. The van der Waals surface area contributed by atoms with E-state index in [1.165, 1.54) is 0 Å². The predicted molar refractivity (Wildman–Crippen MR) is 90.1 cm³/mol. The van der Waals surface area contributed by atoms with Gasteiger partial charge in [0.05, 0.1) is 11.2 Å². The first kappa shape index (κ1) is 15.4. The molecule has 0 radical (unpaired) electrons. The number of nitrogens with two attached hydrogens (primary N) is 1. The molecule has 1 aliphatic heterocycles. The Balaban J connectivity index is 1.73. The lowest BCUT2D eigenvalue weighted by atomic mass is 9.96. The van der Waals surface area contributed by atoms with Crippen molar-refractivity contribution in [3.8, 4) is 0 Å². The number of benzene rings is 1. The number of primary amides is 1. The summed E-state index contributed by atoms with van der Waals surface area (Å²) in [6.45, 7) is 4.05. The maximum atomic E-state index is 12.5. The number of nitrogens with one attached hydrogen (secondary N) is 1. The summed E-state index contributed by atoms with van der Waals surface area (Å²) < 4.78 is 2.12. The van der Waals surface area contributed by atoms with E-state index in [1.807, 2.05) is 30.5 Å². The van der Waals surface area contributed by atoms with Crippen LogP contribution in [0.15, 0.2) is 30.5 Å². The molecular weight excluding hydrogens is 292 g/mol. The largest absolute Gasteiger partial charge is 0.369 e. The van der Waals surface area contributed by atoms with Crippen molar-refractivity contribution in [3.05, 3.63) is 30.5 Å². The zero-order valence-electron chi connectivity index (χ0n) is 13.3. The van der Waals surface area contributed by atoms with Crippen molar-refractivity contribution < 1.29 is 9.59 Å². The van der Waals surface area contributed by atoms with Gasteiger partial charge in [-0.15, -0.1) is 0 Å². The van der Waals surface area contributed by atoms with Crippen molar-refractivity contribution in [2.45, 2.75) is 26.3 Å². The number of anilines is 1. The highest BCUT2D eigenvalue weighted by Gasteiger charge is 2.26. The Morgan fingerprint density at radius 3 is 2.61 bits per heavy atom. The third kappa shape index (κ3) is 3.02. The summed E-state index contributed by atoms with van der Waals surface area (Å²) in [5.74, 6) is -0.378. The van der Waals surface area contributed by atoms with E-state index in [0.29, 0.717) is 25.9 Å². The van der Waals surface area contributed by atoms with Gasteiger partial charge in [-0.1, -0.05) is 18.2 Å². The number of carbonyl (C=O) groups is 2. The van der Waals surface area contributed by atoms with Gasteiger partial charge >= 0.3 is 6.03 Å². The first-order chi connectivity index (χ1) is 11.1. The van der Waals surface area contributed by atoms with Gasteiger partial charge in [0, 0.05) is 37.1 Å². The molecule has 1 fully saturated rings. The highest BCUT2D eigenvalue weighted by atomic mass is 16.2. The fourth-order valence-electron chi connectivity index (χ4n) is 3.17. The molecule has 23 heavy (non-hydrogen) atoms. The average molecular weight is 314 g/mol. The van der Waals surface area contributed by atoms with Crippen molar-refractivity contribution in [3.63, 3.8) is 0 Å². The number of aryl methyl sites for hydroxylation is 1. The van der Waals surface area contributed by atoms with Gasteiger partial charge in [0.1, 0.15) is 0 Å². The molecule has 3 amide bonds. The molecule has 1 saturated heterocycles. The molecule has 0 unspecified atom stereocenters. The van der Waals surface area contributed by atoms with Crippen LogP contribution < -0.4 is 11.1 Å². The van der Waals surface area contributed by atoms with Crippen LogP contribution in [0.1, 0.15) is 19.8 Å². The minimum absolute atomic E-state index is 0.110. The number of hydrogen-bond acceptors (Lipinski definition) is 2. The van der Waals surface area contributed by atoms with Gasteiger partial charge < -0.3 is 20.5 Å². The molecule has 6 nitrogen and oxygen atoms in total. The lowest BCUT2D eigenvalue weighted by Crippen LogP contribution is -2.43. The van der Waals surface area contributed by atoms with Crippen LogP contribution in [0.4, 0.5) is 10.5 Å². The van der Waals surface area contributed by atoms with E-state index in [1.54, 1.807) is 4.90 Å². The number of hydrogen-bond donors (Lipinski definition) is 2. The van der Waals surface area contributed by atoms with Gasteiger partial charge in [0.2, 0.25) is 5.91 Å². The van der Waals surface area contributed by atoms with Crippen LogP contribution in [0.25, 0.3) is 10.9 Å². The van der Waals surface area contributed by atoms with Crippen LogP contribution >= 0.6 is 0 Å². The van der Waals surface area contributed by atoms with E-state index in [0.717, 1.165) is 23.1 Å². The molecule has 1 aliphatic rings. The quantitative estimate of drug-likeness (QED) is 0.912. The minimum atomic E-state index is -0.268. The molecule has 122 valence electrons. The molecule has 6 heteroatoms. The lowest BCUT2D eigenvalue weighted by Gasteiger charge is -2.30. The van der Waals surface area contributed by atoms with E-state index < -0.39 is 0 Å². The Morgan fingerprint density at radius 2 is 1.96 bits per heavy atom. The summed E-state index contributed by atoms with van der Waals surface area (Å²) in [6.07, 6.45) is 3.25. The van der Waals surface area contributed by atoms with Gasteiger partial charge in [-0.2, -0.15) is 0 Å². The molecule has 0 spiro atoms. The number of nitrogens with zero attached hydrogens (tertiary/aromatic N) is 2. The van der Waals surface area contributed by atoms with Crippen molar-refractivity contribution in [1.29, 1.82) is 0 Å². The van der Waals surface area contributed by atoms with E-state index in [4.69, 9.17) is 5.73 Å². The standard InChI is InChI=1S/C17H22N4O2/c1-2-20-11-14(13-5-3-4-6-15(13)20)19-17(23)21-9-7-12(8-10-21)16(18)22/h3-6,11-12H,2,7-10H2,1H3,(H2,18,22)(H,19,23). The molecule has 3 rings (SSSR count). The number of likely N-dealkylation sites (tertiary alicyclic amines) is 1. The molecule has 0 aliphatic carbocycles. The van der Waals surface area contributed by atoms with Crippen molar-refractivity contribution in [2.24, 2.45) is 11.7 Å². The highest BCUT2D eigenvalue weighted by molar-refractivity contribution is 6.01. The number of piperidine rings is 1. The normalized spacial score (nSPS) is 15.8. The van der Waals surface area contributed by atoms with Gasteiger partial charge in [-0.25, -0.2) is 4.79 Å². The minimum Gasteiger partial charge on any atom is -0.369 e. The molecule has 3 N–H and O–H groups in total. The van der Waals surface area contributed by atoms with Gasteiger partial charge in [-0.3, -0.25) is 4.79 Å². The Labute approximate surface area is 135 Å². The van der Waals surface area contributed by atoms with Gasteiger partial charge in [0.15, 0.2) is 0 Å². The molecule has 2 aromatic rings. The van der Waals surface area contributed by atoms with E-state index in [-0.39, 0.29) is 17.9 Å².